The van der Waals surface area contributed by atoms with Gasteiger partial charge in [0.05, 0.1) is 6.04 Å². The molecule has 1 amide bonds. The molecule has 0 heterocycles. The Morgan fingerprint density at radius 3 is 2.62 bits per heavy atom. The third-order valence-electron chi connectivity index (χ3n) is 2.88. The lowest BCUT2D eigenvalue weighted by molar-refractivity contribution is -0.123. The van der Waals surface area contributed by atoms with Gasteiger partial charge in [-0.1, -0.05) is 17.3 Å². The maximum atomic E-state index is 13.9. The van der Waals surface area contributed by atoms with E-state index in [-0.39, 0.29) is 24.3 Å². The van der Waals surface area contributed by atoms with Crippen LogP contribution in [0, 0.1) is 5.82 Å². The number of carbonyl (C=O) groups excluding carboxylic acids is 1. The number of benzene rings is 1. The van der Waals surface area contributed by atoms with Crippen molar-refractivity contribution in [1.29, 1.82) is 0 Å². The molecule has 0 fully saturated rings. The molecule has 21 heavy (non-hydrogen) atoms. The van der Waals surface area contributed by atoms with Gasteiger partial charge < -0.3 is 21.6 Å². The van der Waals surface area contributed by atoms with Crippen LogP contribution in [0.5, 0.6) is 0 Å². The van der Waals surface area contributed by atoms with Gasteiger partial charge in [-0.2, -0.15) is 0 Å². The standard InChI is InChI=1S/C14H21FN4O2/c1-8(2)18-14(20)9(3)17-7-11-5-4-10(6-12(11)15)13(16)19-21/h4-6,8-9,17,21H,7H2,1-3H3,(H2,16,19)(H,18,20). The molecular formula is C14H21FN4O2. The molecule has 0 bridgehead atoms. The Hall–Kier alpha value is -2.15. The Kier molecular flexibility index (Phi) is 6.10. The number of nitrogens with two attached hydrogens (primary N) is 1. The van der Waals surface area contributed by atoms with E-state index in [1.807, 2.05) is 13.8 Å². The molecule has 0 spiro atoms. The van der Waals surface area contributed by atoms with Gasteiger partial charge in [-0.15, -0.1) is 0 Å². The summed E-state index contributed by atoms with van der Waals surface area (Å²) in [7, 11) is 0. The van der Waals surface area contributed by atoms with Crippen LogP contribution >= 0.6 is 0 Å². The van der Waals surface area contributed by atoms with E-state index in [1.165, 1.54) is 12.1 Å². The summed E-state index contributed by atoms with van der Waals surface area (Å²) in [5.41, 5.74) is 6.08. The second-order valence-electron chi connectivity index (χ2n) is 5.06. The van der Waals surface area contributed by atoms with Crippen LogP contribution in [0.3, 0.4) is 0 Å². The number of nitrogens with zero attached hydrogens (tertiary/aromatic N) is 1. The quantitative estimate of drug-likeness (QED) is 0.271. The number of halogens is 1. The first-order valence-electron chi connectivity index (χ1n) is 6.65. The van der Waals surface area contributed by atoms with Crippen molar-refractivity contribution in [2.45, 2.75) is 39.4 Å². The van der Waals surface area contributed by atoms with E-state index in [0.29, 0.717) is 11.1 Å². The molecule has 1 aromatic rings. The van der Waals surface area contributed by atoms with E-state index in [4.69, 9.17) is 10.9 Å². The van der Waals surface area contributed by atoms with E-state index in [2.05, 4.69) is 15.8 Å². The van der Waals surface area contributed by atoms with Crippen molar-refractivity contribution in [3.05, 3.63) is 35.1 Å². The number of hydrogen-bond donors (Lipinski definition) is 4. The number of hydrogen-bond acceptors (Lipinski definition) is 4. The van der Waals surface area contributed by atoms with E-state index < -0.39 is 11.9 Å². The van der Waals surface area contributed by atoms with Gasteiger partial charge in [0.15, 0.2) is 5.84 Å². The van der Waals surface area contributed by atoms with Gasteiger partial charge in [-0.25, -0.2) is 4.39 Å². The molecule has 1 aromatic carbocycles. The number of carbonyl (C=O) groups is 1. The number of oxime groups is 1. The van der Waals surface area contributed by atoms with Crippen LogP contribution in [0.25, 0.3) is 0 Å². The van der Waals surface area contributed by atoms with Crippen molar-refractivity contribution in [2.24, 2.45) is 10.9 Å². The molecule has 1 unspecified atom stereocenters. The smallest absolute Gasteiger partial charge is 0.237 e. The van der Waals surface area contributed by atoms with Crippen molar-refractivity contribution < 1.29 is 14.4 Å². The molecule has 7 heteroatoms. The zero-order valence-corrected chi connectivity index (χ0v) is 12.4. The highest BCUT2D eigenvalue weighted by molar-refractivity contribution is 5.97. The van der Waals surface area contributed by atoms with Gasteiger partial charge in [-0.3, -0.25) is 4.79 Å². The van der Waals surface area contributed by atoms with Crippen molar-refractivity contribution in [3.8, 4) is 0 Å². The number of amidine groups is 1. The predicted molar refractivity (Wildman–Crippen MR) is 78.5 cm³/mol. The number of nitrogens with one attached hydrogen (secondary N) is 2. The van der Waals surface area contributed by atoms with Gasteiger partial charge in [0.2, 0.25) is 5.91 Å². The molecule has 0 radical (unpaired) electrons. The van der Waals surface area contributed by atoms with E-state index >= 15 is 0 Å². The SMILES string of the molecule is CC(C)NC(=O)C(C)NCc1ccc(/C(N)=N/O)cc1F. The Bertz CT molecular complexity index is 532. The number of rotatable bonds is 6. The lowest BCUT2D eigenvalue weighted by Gasteiger charge is -2.16. The summed E-state index contributed by atoms with van der Waals surface area (Å²) < 4.78 is 13.9. The van der Waals surface area contributed by atoms with Crippen LogP contribution in [-0.4, -0.2) is 29.0 Å². The average molecular weight is 296 g/mol. The summed E-state index contributed by atoms with van der Waals surface area (Å²) in [6.45, 7) is 5.65. The lowest BCUT2D eigenvalue weighted by Crippen LogP contribution is -2.44. The Labute approximate surface area is 123 Å². The van der Waals surface area contributed by atoms with Crippen LogP contribution in [-0.2, 0) is 11.3 Å². The first-order valence-corrected chi connectivity index (χ1v) is 6.65. The summed E-state index contributed by atoms with van der Waals surface area (Å²) >= 11 is 0. The molecule has 0 aliphatic rings. The van der Waals surface area contributed by atoms with Crippen molar-refractivity contribution in [1.82, 2.24) is 10.6 Å². The summed E-state index contributed by atoms with van der Waals surface area (Å²) in [6.07, 6.45) is 0. The highest BCUT2D eigenvalue weighted by Gasteiger charge is 2.14. The van der Waals surface area contributed by atoms with Gasteiger partial charge >= 0.3 is 0 Å². The predicted octanol–water partition coefficient (Wildman–Crippen LogP) is 0.923. The molecule has 0 aromatic heterocycles. The Balaban J connectivity index is 2.66. The van der Waals surface area contributed by atoms with Gasteiger partial charge in [-0.05, 0) is 26.8 Å². The summed E-state index contributed by atoms with van der Waals surface area (Å²) in [5.74, 6) is -0.778. The van der Waals surface area contributed by atoms with Crippen molar-refractivity contribution >= 4 is 11.7 Å². The summed E-state index contributed by atoms with van der Waals surface area (Å²) in [4.78, 5) is 11.7. The Morgan fingerprint density at radius 1 is 1.43 bits per heavy atom. The molecule has 0 aliphatic carbocycles. The first-order chi connectivity index (χ1) is 9.85. The second-order valence-corrected chi connectivity index (χ2v) is 5.06. The number of amides is 1. The van der Waals surface area contributed by atoms with Crippen LogP contribution in [0.4, 0.5) is 4.39 Å². The highest BCUT2D eigenvalue weighted by atomic mass is 19.1. The fourth-order valence-electron chi connectivity index (χ4n) is 1.67. The second kappa shape index (κ2) is 7.58. The lowest BCUT2D eigenvalue weighted by atomic mass is 10.1. The first kappa shape index (κ1) is 16.9. The molecule has 1 atom stereocenters. The minimum absolute atomic E-state index is 0.0542. The van der Waals surface area contributed by atoms with Crippen LogP contribution in [0.2, 0.25) is 0 Å². The fraction of sp³-hybridized carbons (Fsp3) is 0.429. The summed E-state index contributed by atoms with van der Waals surface area (Å²) in [5, 5.41) is 17.1. The molecule has 5 N–H and O–H groups in total. The van der Waals surface area contributed by atoms with E-state index in [9.17, 15) is 9.18 Å². The minimum Gasteiger partial charge on any atom is -0.409 e. The zero-order valence-electron chi connectivity index (χ0n) is 12.4. The van der Waals surface area contributed by atoms with E-state index in [1.54, 1.807) is 13.0 Å². The molecule has 116 valence electrons. The molecule has 6 nitrogen and oxygen atoms in total. The minimum atomic E-state index is -0.483. The maximum absolute atomic E-state index is 13.9. The normalized spacial score (nSPS) is 13.3. The van der Waals surface area contributed by atoms with Gasteiger partial charge in [0.25, 0.3) is 0 Å². The van der Waals surface area contributed by atoms with Crippen molar-refractivity contribution in [2.75, 3.05) is 0 Å². The maximum Gasteiger partial charge on any atom is 0.237 e. The summed E-state index contributed by atoms with van der Waals surface area (Å²) in [6, 6.07) is 3.89. The largest absolute Gasteiger partial charge is 0.409 e. The molecule has 1 rings (SSSR count). The van der Waals surface area contributed by atoms with Crippen molar-refractivity contribution in [3.63, 3.8) is 0 Å². The zero-order chi connectivity index (χ0) is 16.0. The van der Waals surface area contributed by atoms with Gasteiger partial charge in [0, 0.05) is 23.7 Å². The van der Waals surface area contributed by atoms with Crippen LogP contribution in [0.1, 0.15) is 31.9 Å². The third-order valence-corrected chi connectivity index (χ3v) is 2.88. The highest BCUT2D eigenvalue weighted by Crippen LogP contribution is 2.10. The molecule has 0 saturated heterocycles. The Morgan fingerprint density at radius 2 is 2.10 bits per heavy atom. The monoisotopic (exact) mass is 296 g/mol. The topological polar surface area (TPSA) is 99.7 Å². The average Bonchev–Trinajstić information content (AvgIpc) is 2.43. The van der Waals surface area contributed by atoms with Gasteiger partial charge in [0.1, 0.15) is 5.82 Å². The molecular weight excluding hydrogens is 275 g/mol. The third kappa shape index (κ3) is 5.03. The fourth-order valence-corrected chi connectivity index (χ4v) is 1.67. The van der Waals surface area contributed by atoms with Crippen LogP contribution in [0.15, 0.2) is 23.4 Å². The molecule has 0 saturated carbocycles. The van der Waals surface area contributed by atoms with E-state index in [0.717, 1.165) is 0 Å². The molecule has 0 aliphatic heterocycles. The van der Waals surface area contributed by atoms with Crippen LogP contribution < -0.4 is 16.4 Å².